The lowest BCUT2D eigenvalue weighted by Crippen LogP contribution is -2.58. The first-order valence-corrected chi connectivity index (χ1v) is 14.2. The highest BCUT2D eigenvalue weighted by molar-refractivity contribution is 9.11. The van der Waals surface area contributed by atoms with E-state index in [0.717, 1.165) is 44.0 Å². The number of methoxy groups -OCH3 is 1. The van der Waals surface area contributed by atoms with Crippen molar-refractivity contribution in [2.24, 2.45) is 0 Å². The maximum Gasteiger partial charge on any atom is 0.319 e. The first kappa shape index (κ1) is 26.8. The van der Waals surface area contributed by atoms with Crippen LogP contribution in [0.25, 0.3) is 0 Å². The minimum Gasteiger partial charge on any atom is -0.468 e. The van der Waals surface area contributed by atoms with Gasteiger partial charge in [-0.25, -0.2) is 9.97 Å². The number of nitrogens with one attached hydrogen (secondary N) is 1. The number of nitrogens with zero attached hydrogens (tertiary/aromatic N) is 5. The normalized spacial score (nSPS) is 26.0. The summed E-state index contributed by atoms with van der Waals surface area (Å²) in [6.45, 7) is 12.9. The highest BCUT2D eigenvalue weighted by Gasteiger charge is 2.32. The van der Waals surface area contributed by atoms with Crippen LogP contribution in [-0.4, -0.2) is 84.8 Å². The highest BCUT2D eigenvalue weighted by Crippen LogP contribution is 2.30. The molecule has 184 valence electrons. The molecule has 12 heteroatoms. The first-order valence-electron chi connectivity index (χ1n) is 11.0. The third-order valence-electron chi connectivity index (χ3n) is 5.67. The van der Waals surface area contributed by atoms with E-state index in [0.29, 0.717) is 30.7 Å². The van der Waals surface area contributed by atoms with Crippen LogP contribution >= 0.6 is 54.5 Å². The maximum absolute atomic E-state index is 11.4. The Balaban J connectivity index is 0.000000194. The molecule has 8 nitrogen and oxygen atoms in total. The van der Waals surface area contributed by atoms with E-state index in [9.17, 15) is 4.79 Å². The second-order valence-corrected chi connectivity index (χ2v) is 13.4. The van der Waals surface area contributed by atoms with Crippen molar-refractivity contribution in [2.45, 2.75) is 51.9 Å². The SMILES string of the molecule is COC(=O)CN1[C@H](C)CN(c2ncc(Br)s2)C[C@@H]1C.C[C@@H]1CN(c2ncc(Br)s2)C[C@H](C)N1. The van der Waals surface area contributed by atoms with E-state index in [-0.39, 0.29) is 5.97 Å². The van der Waals surface area contributed by atoms with Gasteiger partial charge in [-0.15, -0.1) is 0 Å². The van der Waals surface area contributed by atoms with Crippen molar-refractivity contribution >= 4 is 70.8 Å². The molecule has 0 unspecified atom stereocenters. The minimum atomic E-state index is -0.177. The Labute approximate surface area is 221 Å². The van der Waals surface area contributed by atoms with Gasteiger partial charge in [0.05, 0.1) is 33.6 Å². The zero-order valence-electron chi connectivity index (χ0n) is 19.6. The Kier molecular flexibility index (Phi) is 9.96. The van der Waals surface area contributed by atoms with Gasteiger partial charge >= 0.3 is 5.97 Å². The van der Waals surface area contributed by atoms with Crippen molar-refractivity contribution in [3.8, 4) is 0 Å². The Morgan fingerprint density at radius 1 is 0.970 bits per heavy atom. The smallest absolute Gasteiger partial charge is 0.319 e. The van der Waals surface area contributed by atoms with Crippen molar-refractivity contribution in [1.82, 2.24) is 20.2 Å². The Hall–Kier alpha value is -0.790. The van der Waals surface area contributed by atoms with Crippen LogP contribution < -0.4 is 15.1 Å². The summed E-state index contributed by atoms with van der Waals surface area (Å²) in [5, 5.41) is 5.66. The topological polar surface area (TPSA) is 73.8 Å². The number of hydrogen-bond acceptors (Lipinski definition) is 10. The predicted molar refractivity (Wildman–Crippen MR) is 144 cm³/mol. The summed E-state index contributed by atoms with van der Waals surface area (Å²) >= 11 is 10.2. The second-order valence-electron chi connectivity index (χ2n) is 8.62. The number of thiazole rings is 2. The van der Waals surface area contributed by atoms with Crippen LogP contribution in [0.15, 0.2) is 20.0 Å². The molecule has 1 N–H and O–H groups in total. The fourth-order valence-corrected chi connectivity index (χ4v) is 6.71. The number of piperazine rings is 2. The van der Waals surface area contributed by atoms with E-state index in [1.54, 1.807) is 22.7 Å². The number of carbonyl (C=O) groups excluding carboxylic acids is 1. The van der Waals surface area contributed by atoms with Gasteiger partial charge in [0.15, 0.2) is 10.3 Å². The fourth-order valence-electron chi connectivity index (χ4n) is 4.31. The molecule has 2 aromatic rings. The number of esters is 1. The molecule has 0 aromatic carbocycles. The molecule has 33 heavy (non-hydrogen) atoms. The first-order chi connectivity index (χ1) is 15.7. The Morgan fingerprint density at radius 2 is 1.42 bits per heavy atom. The molecule has 4 atom stereocenters. The van der Waals surface area contributed by atoms with E-state index >= 15 is 0 Å². The Morgan fingerprint density at radius 3 is 1.82 bits per heavy atom. The lowest BCUT2D eigenvalue weighted by Gasteiger charge is -2.43. The quantitative estimate of drug-likeness (QED) is 0.511. The standard InChI is InChI=1S/C12H18BrN3O2S.C9H14BrN3S/c1-8-5-15(12-14-4-10(13)19-12)6-9(2)16(8)7-11(17)18-3;1-6-4-13(5-7(2)12-6)9-11-3-8(10)14-9/h4,8-9H,5-7H2,1-3H3;3,6-7,12H,4-5H2,1-2H3/t8-,9+;6-,7+. The zero-order chi connectivity index (χ0) is 24.1. The number of hydrogen-bond donors (Lipinski definition) is 1. The van der Waals surface area contributed by atoms with Crippen molar-refractivity contribution in [1.29, 1.82) is 0 Å². The molecule has 4 heterocycles. The number of rotatable bonds is 4. The molecular weight excluding hydrogens is 592 g/mol. The third kappa shape index (κ3) is 7.60. The molecule has 2 saturated heterocycles. The van der Waals surface area contributed by atoms with Gasteiger partial charge in [-0.05, 0) is 59.6 Å². The monoisotopic (exact) mass is 622 g/mol. The molecule has 4 rings (SSSR count). The molecular formula is C21H32Br2N6O2S2. The van der Waals surface area contributed by atoms with E-state index in [1.807, 2.05) is 12.4 Å². The van der Waals surface area contributed by atoms with E-state index < -0.39 is 0 Å². The van der Waals surface area contributed by atoms with Crippen LogP contribution in [0.5, 0.6) is 0 Å². The van der Waals surface area contributed by atoms with Crippen LogP contribution in [0.1, 0.15) is 27.7 Å². The number of aromatic nitrogens is 2. The Bertz CT molecular complexity index is 891. The van der Waals surface area contributed by atoms with Crippen LogP contribution in [0.2, 0.25) is 0 Å². The third-order valence-corrected chi connectivity index (χ3v) is 8.74. The fraction of sp³-hybridized carbons (Fsp3) is 0.667. The van der Waals surface area contributed by atoms with Crippen LogP contribution in [0.4, 0.5) is 10.3 Å². The molecule has 0 saturated carbocycles. The van der Waals surface area contributed by atoms with Crippen LogP contribution in [-0.2, 0) is 9.53 Å². The molecule has 0 bridgehead atoms. The molecule has 0 aliphatic carbocycles. The van der Waals surface area contributed by atoms with Gasteiger partial charge in [-0.1, -0.05) is 22.7 Å². The van der Waals surface area contributed by atoms with Gasteiger partial charge in [-0.3, -0.25) is 9.69 Å². The van der Waals surface area contributed by atoms with Gasteiger partial charge in [-0.2, -0.15) is 0 Å². The molecule has 2 aliphatic heterocycles. The van der Waals surface area contributed by atoms with Gasteiger partial charge in [0.25, 0.3) is 0 Å². The molecule has 0 amide bonds. The highest BCUT2D eigenvalue weighted by atomic mass is 79.9. The lowest BCUT2D eigenvalue weighted by molar-refractivity contribution is -0.143. The largest absolute Gasteiger partial charge is 0.468 e. The summed E-state index contributed by atoms with van der Waals surface area (Å²) in [4.78, 5) is 27.0. The van der Waals surface area contributed by atoms with Gasteiger partial charge in [0.2, 0.25) is 0 Å². The van der Waals surface area contributed by atoms with Crippen molar-refractivity contribution < 1.29 is 9.53 Å². The predicted octanol–water partition coefficient (Wildman–Crippen LogP) is 4.07. The van der Waals surface area contributed by atoms with Gasteiger partial charge in [0.1, 0.15) is 0 Å². The van der Waals surface area contributed by atoms with E-state index in [2.05, 4.69) is 89.5 Å². The van der Waals surface area contributed by atoms with Crippen LogP contribution in [0, 0.1) is 0 Å². The number of ether oxygens (including phenoxy) is 1. The molecule has 2 aromatic heterocycles. The maximum atomic E-state index is 11.4. The van der Waals surface area contributed by atoms with Crippen molar-refractivity contribution in [3.63, 3.8) is 0 Å². The van der Waals surface area contributed by atoms with Crippen molar-refractivity contribution in [2.75, 3.05) is 49.6 Å². The zero-order valence-corrected chi connectivity index (χ0v) is 24.4. The summed E-state index contributed by atoms with van der Waals surface area (Å²) in [5.74, 6) is -0.177. The van der Waals surface area contributed by atoms with E-state index in [1.165, 1.54) is 7.11 Å². The average Bonchev–Trinajstić information content (AvgIpc) is 3.38. The lowest BCUT2D eigenvalue weighted by atomic mass is 10.1. The molecule has 2 aliphatic rings. The summed E-state index contributed by atoms with van der Waals surface area (Å²) in [7, 11) is 1.43. The summed E-state index contributed by atoms with van der Waals surface area (Å²) in [6.07, 6.45) is 3.70. The number of carbonyl (C=O) groups is 1. The molecule has 2 fully saturated rings. The van der Waals surface area contributed by atoms with Gasteiger partial charge < -0.3 is 19.9 Å². The number of anilines is 2. The summed E-state index contributed by atoms with van der Waals surface area (Å²) in [6, 6.07) is 1.68. The summed E-state index contributed by atoms with van der Waals surface area (Å²) < 4.78 is 6.90. The van der Waals surface area contributed by atoms with Crippen molar-refractivity contribution in [3.05, 3.63) is 20.0 Å². The molecule has 0 spiro atoms. The van der Waals surface area contributed by atoms with Crippen LogP contribution in [0.3, 0.4) is 0 Å². The number of halogens is 2. The molecule has 0 radical (unpaired) electrons. The van der Waals surface area contributed by atoms with E-state index in [4.69, 9.17) is 4.74 Å². The van der Waals surface area contributed by atoms with Gasteiger partial charge in [0, 0.05) is 50.3 Å². The minimum absolute atomic E-state index is 0.177. The average molecular weight is 624 g/mol. The summed E-state index contributed by atoms with van der Waals surface area (Å²) in [5.41, 5.74) is 0. The second kappa shape index (κ2) is 12.3.